The maximum atomic E-state index is 11.6. The van der Waals surface area contributed by atoms with Crippen molar-refractivity contribution in [2.75, 3.05) is 18.1 Å². The van der Waals surface area contributed by atoms with Crippen LogP contribution in [0.4, 0.5) is 0 Å². The van der Waals surface area contributed by atoms with Crippen LogP contribution in [0.25, 0.3) is 0 Å². The van der Waals surface area contributed by atoms with Gasteiger partial charge in [0, 0.05) is 13.0 Å². The zero-order valence-electron chi connectivity index (χ0n) is 10.5. The fourth-order valence-corrected chi connectivity index (χ4v) is 2.99. The molecule has 0 aromatic heterocycles. The molecular formula is C12H23NO2S. The van der Waals surface area contributed by atoms with Crippen LogP contribution in [-0.4, -0.2) is 34.7 Å². The van der Waals surface area contributed by atoms with Gasteiger partial charge in [0.15, 0.2) is 0 Å². The number of thioether (sulfide) groups is 1. The third-order valence-electron chi connectivity index (χ3n) is 2.73. The summed E-state index contributed by atoms with van der Waals surface area (Å²) in [5.74, 6) is 2.02. The number of aliphatic hydroxyl groups is 1. The number of rotatable bonds is 3. The van der Waals surface area contributed by atoms with Gasteiger partial charge in [0.25, 0.3) is 0 Å². The van der Waals surface area contributed by atoms with E-state index in [1.54, 1.807) is 0 Å². The molecule has 94 valence electrons. The Labute approximate surface area is 102 Å². The van der Waals surface area contributed by atoms with Crippen molar-refractivity contribution in [2.24, 2.45) is 5.41 Å². The van der Waals surface area contributed by atoms with Gasteiger partial charge in [-0.15, -0.1) is 0 Å². The summed E-state index contributed by atoms with van der Waals surface area (Å²) in [4.78, 5) is 11.6. The summed E-state index contributed by atoms with van der Waals surface area (Å²) in [6.07, 6.45) is 2.08. The van der Waals surface area contributed by atoms with Gasteiger partial charge in [-0.2, -0.15) is 11.8 Å². The Hall–Kier alpha value is -0.220. The summed E-state index contributed by atoms with van der Waals surface area (Å²) < 4.78 is 0. The van der Waals surface area contributed by atoms with Crippen LogP contribution in [0.1, 0.15) is 40.0 Å². The Morgan fingerprint density at radius 2 is 1.94 bits per heavy atom. The highest BCUT2D eigenvalue weighted by Crippen LogP contribution is 2.26. The number of amides is 1. The molecule has 1 heterocycles. The van der Waals surface area contributed by atoms with Crippen LogP contribution < -0.4 is 5.32 Å². The lowest BCUT2D eigenvalue weighted by molar-refractivity contribution is -0.124. The lowest BCUT2D eigenvalue weighted by Crippen LogP contribution is -2.45. The molecule has 0 aliphatic carbocycles. The van der Waals surface area contributed by atoms with E-state index in [-0.39, 0.29) is 11.3 Å². The zero-order valence-corrected chi connectivity index (χ0v) is 11.3. The third-order valence-corrected chi connectivity index (χ3v) is 3.71. The summed E-state index contributed by atoms with van der Waals surface area (Å²) in [6, 6.07) is 0. The molecule has 1 aliphatic heterocycles. The minimum absolute atomic E-state index is 0.00905. The molecule has 0 unspecified atom stereocenters. The molecule has 16 heavy (non-hydrogen) atoms. The van der Waals surface area contributed by atoms with Crippen molar-refractivity contribution in [2.45, 2.75) is 45.6 Å². The van der Waals surface area contributed by atoms with Crippen molar-refractivity contribution < 1.29 is 9.90 Å². The maximum Gasteiger partial charge on any atom is 0.220 e. The number of carbonyl (C=O) groups excluding carboxylic acids is 1. The zero-order chi connectivity index (χ0) is 12.2. The van der Waals surface area contributed by atoms with E-state index in [0.717, 1.165) is 24.3 Å². The predicted molar refractivity (Wildman–Crippen MR) is 68.6 cm³/mol. The van der Waals surface area contributed by atoms with Crippen LogP contribution in [0, 0.1) is 5.41 Å². The Balaban J connectivity index is 2.30. The minimum Gasteiger partial charge on any atom is -0.388 e. The molecule has 0 atom stereocenters. The van der Waals surface area contributed by atoms with Gasteiger partial charge >= 0.3 is 0 Å². The summed E-state index contributed by atoms with van der Waals surface area (Å²) in [5, 5.41) is 13.0. The van der Waals surface area contributed by atoms with E-state index in [0.29, 0.717) is 13.0 Å². The molecule has 4 heteroatoms. The first-order valence-corrected chi connectivity index (χ1v) is 7.03. The summed E-state index contributed by atoms with van der Waals surface area (Å²) in [7, 11) is 0. The number of carbonyl (C=O) groups is 1. The molecule has 0 radical (unpaired) electrons. The Morgan fingerprint density at radius 1 is 1.38 bits per heavy atom. The van der Waals surface area contributed by atoms with E-state index in [9.17, 15) is 9.90 Å². The van der Waals surface area contributed by atoms with E-state index < -0.39 is 5.60 Å². The fourth-order valence-electron chi connectivity index (χ4n) is 1.74. The minimum atomic E-state index is -0.668. The molecule has 0 saturated carbocycles. The van der Waals surface area contributed by atoms with Crippen LogP contribution >= 0.6 is 11.8 Å². The van der Waals surface area contributed by atoms with E-state index in [1.165, 1.54) is 0 Å². The van der Waals surface area contributed by atoms with E-state index in [1.807, 2.05) is 32.5 Å². The first-order chi connectivity index (χ1) is 7.31. The largest absolute Gasteiger partial charge is 0.388 e. The smallest absolute Gasteiger partial charge is 0.220 e. The highest BCUT2D eigenvalue weighted by Gasteiger charge is 2.30. The van der Waals surface area contributed by atoms with Gasteiger partial charge in [-0.1, -0.05) is 20.8 Å². The standard InChI is InChI=1S/C12H23NO2S/c1-11(2,3)8-10(14)13-9-12(15)4-6-16-7-5-12/h15H,4-9H2,1-3H3,(H,13,14). The van der Waals surface area contributed by atoms with Gasteiger partial charge in [-0.3, -0.25) is 4.79 Å². The van der Waals surface area contributed by atoms with E-state index >= 15 is 0 Å². The first kappa shape index (κ1) is 13.8. The molecule has 0 aromatic carbocycles. The normalized spacial score (nSPS) is 20.5. The van der Waals surface area contributed by atoms with Crippen molar-refractivity contribution in [1.82, 2.24) is 5.32 Å². The molecule has 1 saturated heterocycles. The van der Waals surface area contributed by atoms with Crippen LogP contribution in [-0.2, 0) is 4.79 Å². The molecule has 1 amide bonds. The fraction of sp³-hybridized carbons (Fsp3) is 0.917. The molecule has 3 nitrogen and oxygen atoms in total. The van der Waals surface area contributed by atoms with Gasteiger partial charge in [0.05, 0.1) is 5.60 Å². The van der Waals surface area contributed by atoms with Gasteiger partial charge in [-0.05, 0) is 29.8 Å². The van der Waals surface area contributed by atoms with Crippen LogP contribution in [0.15, 0.2) is 0 Å². The SMILES string of the molecule is CC(C)(C)CC(=O)NCC1(O)CCSCC1. The number of hydrogen-bond donors (Lipinski definition) is 2. The van der Waals surface area contributed by atoms with Crippen molar-refractivity contribution in [1.29, 1.82) is 0 Å². The first-order valence-electron chi connectivity index (χ1n) is 5.88. The molecule has 2 N–H and O–H groups in total. The van der Waals surface area contributed by atoms with Crippen LogP contribution in [0.3, 0.4) is 0 Å². The second kappa shape index (κ2) is 5.41. The average Bonchev–Trinajstić information content (AvgIpc) is 2.14. The number of nitrogens with one attached hydrogen (secondary N) is 1. The Morgan fingerprint density at radius 3 is 2.44 bits per heavy atom. The van der Waals surface area contributed by atoms with Crippen molar-refractivity contribution in [3.05, 3.63) is 0 Å². The monoisotopic (exact) mass is 245 g/mol. The maximum absolute atomic E-state index is 11.6. The summed E-state index contributed by atoms with van der Waals surface area (Å²) in [5.41, 5.74) is -0.659. The third kappa shape index (κ3) is 5.21. The quantitative estimate of drug-likeness (QED) is 0.797. The van der Waals surface area contributed by atoms with Crippen LogP contribution in [0.5, 0.6) is 0 Å². The lowest BCUT2D eigenvalue weighted by Gasteiger charge is -2.32. The molecule has 0 aromatic rings. The second-order valence-corrected chi connectivity index (χ2v) is 7.08. The Kier molecular flexibility index (Phi) is 4.68. The van der Waals surface area contributed by atoms with Gasteiger partial charge in [0.1, 0.15) is 0 Å². The second-order valence-electron chi connectivity index (χ2n) is 5.85. The highest BCUT2D eigenvalue weighted by atomic mass is 32.2. The van der Waals surface area contributed by atoms with Crippen molar-refractivity contribution in [3.8, 4) is 0 Å². The highest BCUT2D eigenvalue weighted by molar-refractivity contribution is 7.99. The van der Waals surface area contributed by atoms with Gasteiger partial charge in [-0.25, -0.2) is 0 Å². The van der Waals surface area contributed by atoms with E-state index in [4.69, 9.17) is 0 Å². The topological polar surface area (TPSA) is 49.3 Å². The molecule has 0 bridgehead atoms. The Bertz CT molecular complexity index is 242. The van der Waals surface area contributed by atoms with Crippen LogP contribution in [0.2, 0.25) is 0 Å². The molecular weight excluding hydrogens is 222 g/mol. The lowest BCUT2D eigenvalue weighted by atomic mass is 9.91. The molecule has 1 rings (SSSR count). The molecule has 1 aliphatic rings. The number of hydrogen-bond acceptors (Lipinski definition) is 3. The average molecular weight is 245 g/mol. The summed E-state index contributed by atoms with van der Waals surface area (Å²) in [6.45, 7) is 6.53. The molecule has 1 fully saturated rings. The van der Waals surface area contributed by atoms with E-state index in [2.05, 4.69) is 5.32 Å². The van der Waals surface area contributed by atoms with Gasteiger partial charge in [0.2, 0.25) is 5.91 Å². The summed E-state index contributed by atoms with van der Waals surface area (Å²) >= 11 is 1.87. The molecule has 0 spiro atoms. The van der Waals surface area contributed by atoms with Crippen molar-refractivity contribution in [3.63, 3.8) is 0 Å². The van der Waals surface area contributed by atoms with Crippen molar-refractivity contribution >= 4 is 17.7 Å². The predicted octanol–water partition coefficient (Wildman–Crippen LogP) is 1.80. The van der Waals surface area contributed by atoms with Gasteiger partial charge < -0.3 is 10.4 Å².